The monoisotopic (exact) mass is 321 g/mol. The van der Waals surface area contributed by atoms with Crippen LogP contribution in [0.3, 0.4) is 0 Å². The van der Waals surface area contributed by atoms with Gasteiger partial charge >= 0.3 is 0 Å². The molecular weight excluding hydrogens is 313 g/mol. The minimum absolute atomic E-state index is 0.294. The first-order valence-electron chi connectivity index (χ1n) is 5.50. The van der Waals surface area contributed by atoms with Crippen LogP contribution in [0.2, 0.25) is 0 Å². The zero-order valence-corrected chi connectivity index (χ0v) is 11.2. The average molecular weight is 322 g/mol. The molecule has 0 saturated heterocycles. The molecule has 1 heterocycles. The van der Waals surface area contributed by atoms with Crippen LogP contribution < -0.4 is 11.1 Å². The predicted octanol–water partition coefficient (Wildman–Crippen LogP) is 4.06. The molecule has 19 heavy (non-hydrogen) atoms. The van der Waals surface area contributed by atoms with Crippen molar-refractivity contribution in [3.05, 3.63) is 46.7 Å². The summed E-state index contributed by atoms with van der Waals surface area (Å²) in [6.45, 7) is 0. The van der Waals surface area contributed by atoms with Crippen molar-refractivity contribution in [3.8, 4) is 0 Å². The number of nitrogens with zero attached hydrogens (tertiary/aromatic N) is 1. The van der Waals surface area contributed by atoms with Crippen LogP contribution in [-0.4, -0.2) is 4.98 Å². The molecule has 0 spiro atoms. The number of aromatic nitrogens is 1. The van der Waals surface area contributed by atoms with Crippen molar-refractivity contribution in [2.24, 2.45) is 0 Å². The van der Waals surface area contributed by atoms with Crippen LogP contribution in [0.25, 0.3) is 11.1 Å². The van der Waals surface area contributed by atoms with E-state index < -0.39 is 0 Å². The molecule has 0 amide bonds. The Labute approximate surface area is 116 Å². The molecule has 0 atom stereocenters. The number of oxazole rings is 1. The molecular formula is C13H9BrFN3O. The van der Waals surface area contributed by atoms with Gasteiger partial charge in [-0.3, -0.25) is 0 Å². The van der Waals surface area contributed by atoms with Crippen molar-refractivity contribution in [3.63, 3.8) is 0 Å². The summed E-state index contributed by atoms with van der Waals surface area (Å²) in [5.74, 6) is -0.356. The smallest absolute Gasteiger partial charge is 0.300 e. The van der Waals surface area contributed by atoms with Crippen molar-refractivity contribution in [2.45, 2.75) is 0 Å². The van der Waals surface area contributed by atoms with Gasteiger partial charge in [0.2, 0.25) is 0 Å². The fourth-order valence-electron chi connectivity index (χ4n) is 1.69. The van der Waals surface area contributed by atoms with Crippen molar-refractivity contribution in [1.29, 1.82) is 0 Å². The molecule has 0 aliphatic rings. The lowest BCUT2D eigenvalue weighted by Gasteiger charge is -2.02. The summed E-state index contributed by atoms with van der Waals surface area (Å²) < 4.78 is 19.3. The third-order valence-corrected chi connectivity index (χ3v) is 3.23. The third kappa shape index (κ3) is 2.39. The van der Waals surface area contributed by atoms with Crippen molar-refractivity contribution < 1.29 is 8.81 Å². The fourth-order valence-corrected chi connectivity index (χ4v) is 1.94. The number of nitrogens with one attached hydrogen (secondary N) is 1. The number of nitrogen functional groups attached to an aromatic ring is 1. The van der Waals surface area contributed by atoms with Gasteiger partial charge in [0, 0.05) is 17.4 Å². The number of hydrogen-bond acceptors (Lipinski definition) is 4. The Morgan fingerprint density at radius 2 is 2.05 bits per heavy atom. The number of rotatable bonds is 2. The maximum absolute atomic E-state index is 13.4. The summed E-state index contributed by atoms with van der Waals surface area (Å²) in [5.41, 5.74) is 8.09. The number of benzene rings is 2. The summed E-state index contributed by atoms with van der Waals surface area (Å²) in [7, 11) is 0. The van der Waals surface area contributed by atoms with E-state index in [0.717, 1.165) is 0 Å². The van der Waals surface area contributed by atoms with Gasteiger partial charge in [-0.15, -0.1) is 0 Å². The highest BCUT2D eigenvalue weighted by atomic mass is 79.9. The molecule has 3 N–H and O–H groups in total. The highest BCUT2D eigenvalue weighted by Gasteiger charge is 2.07. The molecule has 2 aromatic carbocycles. The number of nitrogens with two attached hydrogens (primary N) is 1. The molecule has 0 fully saturated rings. The molecule has 0 radical (unpaired) electrons. The number of anilines is 3. The first-order valence-corrected chi connectivity index (χ1v) is 6.29. The number of halogens is 2. The van der Waals surface area contributed by atoms with Gasteiger partial charge in [-0.25, -0.2) is 4.39 Å². The predicted molar refractivity (Wildman–Crippen MR) is 75.8 cm³/mol. The summed E-state index contributed by atoms with van der Waals surface area (Å²) >= 11 is 3.10. The minimum Gasteiger partial charge on any atom is -0.423 e. The van der Waals surface area contributed by atoms with E-state index in [0.29, 0.717) is 33.0 Å². The Hall–Kier alpha value is -2.08. The van der Waals surface area contributed by atoms with Crippen LogP contribution in [0.1, 0.15) is 0 Å². The first kappa shape index (κ1) is 12.0. The Morgan fingerprint density at radius 3 is 2.84 bits per heavy atom. The third-order valence-electron chi connectivity index (χ3n) is 2.58. The molecule has 96 valence electrons. The summed E-state index contributed by atoms with van der Waals surface area (Å²) in [4.78, 5) is 4.23. The lowest BCUT2D eigenvalue weighted by Crippen LogP contribution is -1.91. The van der Waals surface area contributed by atoms with E-state index in [4.69, 9.17) is 10.2 Å². The fraction of sp³-hybridized carbons (Fsp3) is 0. The molecule has 4 nitrogen and oxygen atoms in total. The Balaban J connectivity index is 1.94. The largest absolute Gasteiger partial charge is 0.423 e. The molecule has 0 aliphatic carbocycles. The van der Waals surface area contributed by atoms with Crippen molar-refractivity contribution in [2.75, 3.05) is 11.1 Å². The summed E-state index contributed by atoms with van der Waals surface area (Å²) in [5, 5.41) is 2.90. The van der Waals surface area contributed by atoms with Crippen LogP contribution in [0.4, 0.5) is 21.8 Å². The molecule has 0 unspecified atom stereocenters. The second kappa shape index (κ2) is 4.55. The van der Waals surface area contributed by atoms with Gasteiger partial charge in [0.15, 0.2) is 5.58 Å². The number of fused-ring (bicyclic) bond motifs is 1. The van der Waals surface area contributed by atoms with E-state index in [9.17, 15) is 4.39 Å². The zero-order valence-electron chi connectivity index (χ0n) is 9.65. The van der Waals surface area contributed by atoms with Gasteiger partial charge in [0.25, 0.3) is 6.01 Å². The normalized spacial score (nSPS) is 10.8. The van der Waals surface area contributed by atoms with E-state index in [-0.39, 0.29) is 5.82 Å². The summed E-state index contributed by atoms with van der Waals surface area (Å²) in [6, 6.07) is 10.2. The number of hydrogen-bond donors (Lipinski definition) is 2. The summed E-state index contributed by atoms with van der Waals surface area (Å²) in [6.07, 6.45) is 0. The van der Waals surface area contributed by atoms with Crippen LogP contribution >= 0.6 is 15.9 Å². The molecule has 3 aromatic rings. The molecule has 3 rings (SSSR count). The van der Waals surface area contributed by atoms with Crippen LogP contribution in [0.5, 0.6) is 0 Å². The SMILES string of the molecule is Nc1ccc2nc(Nc3ccc(Br)c(F)c3)oc2c1. The van der Waals surface area contributed by atoms with Crippen LogP contribution in [0, 0.1) is 5.82 Å². The molecule has 0 aliphatic heterocycles. The second-order valence-electron chi connectivity index (χ2n) is 4.00. The van der Waals surface area contributed by atoms with E-state index in [1.54, 1.807) is 30.3 Å². The highest BCUT2D eigenvalue weighted by molar-refractivity contribution is 9.10. The van der Waals surface area contributed by atoms with E-state index >= 15 is 0 Å². The maximum atomic E-state index is 13.4. The minimum atomic E-state index is -0.356. The topological polar surface area (TPSA) is 64.1 Å². The Morgan fingerprint density at radius 1 is 1.21 bits per heavy atom. The van der Waals surface area contributed by atoms with Gasteiger partial charge in [0.1, 0.15) is 11.3 Å². The van der Waals surface area contributed by atoms with E-state index in [2.05, 4.69) is 26.2 Å². The zero-order chi connectivity index (χ0) is 13.4. The van der Waals surface area contributed by atoms with Crippen LogP contribution in [0.15, 0.2) is 45.3 Å². The van der Waals surface area contributed by atoms with Crippen LogP contribution in [-0.2, 0) is 0 Å². The van der Waals surface area contributed by atoms with Gasteiger partial charge in [-0.2, -0.15) is 4.98 Å². The lowest BCUT2D eigenvalue weighted by atomic mass is 10.3. The lowest BCUT2D eigenvalue weighted by molar-refractivity contribution is 0.617. The standard InChI is InChI=1S/C13H9BrFN3O/c14-9-3-2-8(6-10(9)15)17-13-18-11-4-1-7(16)5-12(11)19-13/h1-6H,16H2,(H,17,18). The molecule has 1 aromatic heterocycles. The van der Waals surface area contributed by atoms with Gasteiger partial charge in [-0.05, 0) is 46.3 Å². The second-order valence-corrected chi connectivity index (χ2v) is 4.85. The Bertz CT molecular complexity index is 757. The van der Waals surface area contributed by atoms with Crippen molar-refractivity contribution >= 4 is 44.4 Å². The van der Waals surface area contributed by atoms with Gasteiger partial charge in [0.05, 0.1) is 4.47 Å². The maximum Gasteiger partial charge on any atom is 0.300 e. The highest BCUT2D eigenvalue weighted by Crippen LogP contribution is 2.25. The average Bonchev–Trinajstić information content (AvgIpc) is 2.75. The first-order chi connectivity index (χ1) is 9.11. The quantitative estimate of drug-likeness (QED) is 0.699. The van der Waals surface area contributed by atoms with E-state index in [1.165, 1.54) is 6.07 Å². The molecule has 0 saturated carbocycles. The van der Waals surface area contributed by atoms with E-state index in [1.807, 2.05) is 0 Å². The molecule has 6 heteroatoms. The molecule has 0 bridgehead atoms. The Kier molecular flexibility index (Phi) is 2.87. The van der Waals surface area contributed by atoms with Gasteiger partial charge in [-0.1, -0.05) is 0 Å². The van der Waals surface area contributed by atoms with Crippen molar-refractivity contribution in [1.82, 2.24) is 4.98 Å². The van der Waals surface area contributed by atoms with Gasteiger partial charge < -0.3 is 15.5 Å².